The largest absolute Gasteiger partial charge is 0.457 e. The van der Waals surface area contributed by atoms with Crippen LogP contribution in [0.2, 0.25) is 0 Å². The monoisotopic (exact) mass is 252 g/mol. The third-order valence-corrected chi connectivity index (χ3v) is 4.46. The molecule has 0 amide bonds. The Morgan fingerprint density at radius 3 is 2.39 bits per heavy atom. The maximum Gasteiger partial charge on any atom is 0.309 e. The van der Waals surface area contributed by atoms with Crippen LogP contribution in [0, 0.1) is 16.7 Å². The Hall–Kier alpha value is -1.12. The Bertz CT molecular complexity index is 368. The van der Waals surface area contributed by atoms with Crippen molar-refractivity contribution in [2.24, 2.45) is 16.7 Å². The zero-order valence-electron chi connectivity index (χ0n) is 12.1. The van der Waals surface area contributed by atoms with Gasteiger partial charge in [-0.05, 0) is 18.3 Å². The van der Waals surface area contributed by atoms with E-state index in [-0.39, 0.29) is 29.7 Å². The fourth-order valence-electron chi connectivity index (χ4n) is 2.11. The molecule has 18 heavy (non-hydrogen) atoms. The molecule has 0 spiro atoms. The van der Waals surface area contributed by atoms with Gasteiger partial charge in [0.05, 0.1) is 5.92 Å². The van der Waals surface area contributed by atoms with Crippen LogP contribution < -0.4 is 0 Å². The van der Waals surface area contributed by atoms with Gasteiger partial charge in [0.15, 0.2) is 12.4 Å². The van der Waals surface area contributed by atoms with Crippen LogP contribution in [0.4, 0.5) is 0 Å². The lowest BCUT2D eigenvalue weighted by Crippen LogP contribution is -2.40. The predicted octanol–water partition coefficient (Wildman–Crippen LogP) is 3.14. The zero-order valence-corrected chi connectivity index (χ0v) is 12.1. The summed E-state index contributed by atoms with van der Waals surface area (Å²) < 4.78 is 5.11. The standard InChI is InChI=1S/C15H24O3/c1-6-11(2)13(17)18-10-12(16)15(5)9-7-8-14(15,3)4/h7-8,11H,6,9-10H2,1-5H3/t11-,15?/m0/s1. The molecular formula is C15H24O3. The highest BCUT2D eigenvalue weighted by atomic mass is 16.5. The van der Waals surface area contributed by atoms with E-state index >= 15 is 0 Å². The number of ether oxygens (including phenoxy) is 1. The topological polar surface area (TPSA) is 43.4 Å². The van der Waals surface area contributed by atoms with Crippen LogP contribution in [0.15, 0.2) is 12.2 Å². The van der Waals surface area contributed by atoms with Gasteiger partial charge in [0.25, 0.3) is 0 Å². The van der Waals surface area contributed by atoms with Crippen molar-refractivity contribution >= 4 is 11.8 Å². The molecular weight excluding hydrogens is 228 g/mol. The third kappa shape index (κ3) is 2.65. The van der Waals surface area contributed by atoms with Gasteiger partial charge in [0.1, 0.15) is 0 Å². The van der Waals surface area contributed by atoms with E-state index < -0.39 is 5.41 Å². The van der Waals surface area contributed by atoms with Gasteiger partial charge in [0.2, 0.25) is 0 Å². The molecule has 1 rings (SSSR count). The van der Waals surface area contributed by atoms with Gasteiger partial charge in [-0.1, -0.05) is 46.8 Å². The first-order valence-corrected chi connectivity index (χ1v) is 6.62. The van der Waals surface area contributed by atoms with Gasteiger partial charge >= 0.3 is 5.97 Å². The zero-order chi connectivity index (χ0) is 14.0. The van der Waals surface area contributed by atoms with E-state index in [1.165, 1.54) is 0 Å². The van der Waals surface area contributed by atoms with E-state index in [0.29, 0.717) is 0 Å². The predicted molar refractivity (Wildman–Crippen MR) is 71.1 cm³/mol. The molecule has 3 heteroatoms. The van der Waals surface area contributed by atoms with Crippen molar-refractivity contribution < 1.29 is 14.3 Å². The molecule has 1 unspecified atom stereocenters. The fourth-order valence-corrected chi connectivity index (χ4v) is 2.11. The number of carbonyl (C=O) groups is 2. The smallest absolute Gasteiger partial charge is 0.309 e. The Balaban J connectivity index is 2.60. The summed E-state index contributed by atoms with van der Waals surface area (Å²) in [7, 11) is 0. The van der Waals surface area contributed by atoms with Gasteiger partial charge < -0.3 is 4.74 Å². The minimum absolute atomic E-state index is 0.00848. The minimum Gasteiger partial charge on any atom is -0.457 e. The lowest BCUT2D eigenvalue weighted by atomic mass is 9.66. The molecule has 0 saturated carbocycles. The quantitative estimate of drug-likeness (QED) is 0.557. The van der Waals surface area contributed by atoms with Crippen molar-refractivity contribution in [1.82, 2.24) is 0 Å². The molecule has 0 heterocycles. The SMILES string of the molecule is CC[C@H](C)C(=O)OCC(=O)C1(C)CC=CC1(C)C. The van der Waals surface area contributed by atoms with Crippen LogP contribution in [0.1, 0.15) is 47.5 Å². The van der Waals surface area contributed by atoms with Crippen molar-refractivity contribution in [2.75, 3.05) is 6.61 Å². The average molecular weight is 252 g/mol. The Morgan fingerprint density at radius 2 is 1.94 bits per heavy atom. The van der Waals surface area contributed by atoms with E-state index in [2.05, 4.69) is 6.08 Å². The number of hydrogen-bond acceptors (Lipinski definition) is 3. The van der Waals surface area contributed by atoms with E-state index in [4.69, 9.17) is 4.74 Å². The molecule has 0 N–H and O–H groups in total. The summed E-state index contributed by atoms with van der Waals surface area (Å²) in [6, 6.07) is 0. The second kappa shape index (κ2) is 5.25. The molecule has 0 radical (unpaired) electrons. The van der Waals surface area contributed by atoms with Gasteiger partial charge in [-0.25, -0.2) is 0 Å². The van der Waals surface area contributed by atoms with Crippen LogP contribution in [-0.4, -0.2) is 18.4 Å². The van der Waals surface area contributed by atoms with Crippen molar-refractivity contribution in [3.63, 3.8) is 0 Å². The molecule has 102 valence electrons. The van der Waals surface area contributed by atoms with Gasteiger partial charge in [-0.3, -0.25) is 9.59 Å². The van der Waals surface area contributed by atoms with Crippen LogP contribution >= 0.6 is 0 Å². The molecule has 3 nitrogen and oxygen atoms in total. The summed E-state index contributed by atoms with van der Waals surface area (Å²) in [5.41, 5.74) is -0.629. The minimum atomic E-state index is -0.456. The summed E-state index contributed by atoms with van der Waals surface area (Å²) in [5, 5.41) is 0. The number of ketones is 1. The van der Waals surface area contributed by atoms with Crippen LogP contribution in [0.25, 0.3) is 0 Å². The molecule has 0 aliphatic heterocycles. The first-order valence-electron chi connectivity index (χ1n) is 6.62. The van der Waals surface area contributed by atoms with Gasteiger partial charge in [0, 0.05) is 5.41 Å². The fraction of sp³-hybridized carbons (Fsp3) is 0.733. The number of carbonyl (C=O) groups excluding carboxylic acids is 2. The van der Waals surface area contributed by atoms with Crippen LogP contribution in [0.5, 0.6) is 0 Å². The normalized spacial score (nSPS) is 26.9. The molecule has 1 aliphatic rings. The number of esters is 1. The van der Waals surface area contributed by atoms with Crippen LogP contribution in [-0.2, 0) is 14.3 Å². The van der Waals surface area contributed by atoms with Crippen molar-refractivity contribution in [3.8, 4) is 0 Å². The summed E-state index contributed by atoms with van der Waals surface area (Å²) in [6.45, 7) is 9.68. The molecule has 2 atom stereocenters. The molecule has 0 aromatic heterocycles. The highest BCUT2D eigenvalue weighted by Crippen LogP contribution is 2.48. The number of allylic oxidation sites excluding steroid dienone is 2. The Morgan fingerprint density at radius 1 is 1.33 bits per heavy atom. The lowest BCUT2D eigenvalue weighted by molar-refractivity contribution is -0.155. The Kier molecular flexibility index (Phi) is 4.36. The maximum atomic E-state index is 12.3. The summed E-state index contributed by atoms with van der Waals surface area (Å²) in [4.78, 5) is 23.8. The summed E-state index contributed by atoms with van der Waals surface area (Å²) in [5.74, 6) is -0.410. The molecule has 0 saturated heterocycles. The second-order valence-corrected chi connectivity index (χ2v) is 6.00. The molecule has 1 aliphatic carbocycles. The van der Waals surface area contributed by atoms with Crippen molar-refractivity contribution in [3.05, 3.63) is 12.2 Å². The molecule has 0 aromatic rings. The van der Waals surface area contributed by atoms with Crippen molar-refractivity contribution in [2.45, 2.75) is 47.5 Å². The first-order chi connectivity index (χ1) is 8.24. The van der Waals surface area contributed by atoms with Crippen molar-refractivity contribution in [1.29, 1.82) is 0 Å². The first kappa shape index (κ1) is 14.9. The number of Topliss-reactive ketones (excluding diaryl/α,β-unsaturated/α-hetero) is 1. The highest BCUT2D eigenvalue weighted by Gasteiger charge is 2.47. The van der Waals surface area contributed by atoms with Gasteiger partial charge in [-0.2, -0.15) is 0 Å². The van der Waals surface area contributed by atoms with E-state index in [1.54, 1.807) is 0 Å². The van der Waals surface area contributed by atoms with E-state index in [1.807, 2.05) is 40.7 Å². The maximum absolute atomic E-state index is 12.3. The number of hydrogen-bond donors (Lipinski definition) is 0. The van der Waals surface area contributed by atoms with E-state index in [9.17, 15) is 9.59 Å². The Labute approximate surface area is 110 Å². The highest BCUT2D eigenvalue weighted by molar-refractivity contribution is 5.89. The third-order valence-electron chi connectivity index (χ3n) is 4.46. The van der Waals surface area contributed by atoms with Crippen LogP contribution in [0.3, 0.4) is 0 Å². The summed E-state index contributed by atoms with van der Waals surface area (Å²) >= 11 is 0. The molecule has 0 bridgehead atoms. The summed E-state index contributed by atoms with van der Waals surface area (Å²) in [6.07, 6.45) is 5.56. The second-order valence-electron chi connectivity index (χ2n) is 6.00. The lowest BCUT2D eigenvalue weighted by Gasteiger charge is -2.36. The average Bonchev–Trinajstić information content (AvgIpc) is 2.60. The molecule has 0 fully saturated rings. The van der Waals surface area contributed by atoms with Gasteiger partial charge in [-0.15, -0.1) is 0 Å². The van der Waals surface area contributed by atoms with E-state index in [0.717, 1.165) is 12.8 Å². The molecule has 0 aromatic carbocycles. The number of rotatable bonds is 5.